The number of piperazine rings is 1. The number of sulfonamides is 1. The van der Waals surface area contributed by atoms with Crippen molar-refractivity contribution in [2.24, 2.45) is 0 Å². The van der Waals surface area contributed by atoms with Crippen LogP contribution in [-0.2, 0) is 14.8 Å². The first-order chi connectivity index (χ1) is 12.9. The fourth-order valence-electron chi connectivity index (χ4n) is 3.72. The second-order valence-corrected chi connectivity index (χ2v) is 9.13. The van der Waals surface area contributed by atoms with Crippen molar-refractivity contribution < 1.29 is 13.2 Å². The molecule has 0 saturated carbocycles. The van der Waals surface area contributed by atoms with Gasteiger partial charge < -0.3 is 10.2 Å². The van der Waals surface area contributed by atoms with Crippen molar-refractivity contribution in [3.8, 4) is 0 Å². The lowest BCUT2D eigenvalue weighted by molar-refractivity contribution is -0.111. The van der Waals surface area contributed by atoms with Gasteiger partial charge in [-0.2, -0.15) is 4.31 Å². The molecule has 0 aromatic heterocycles. The summed E-state index contributed by atoms with van der Waals surface area (Å²) in [7, 11) is -1.36. The van der Waals surface area contributed by atoms with Crippen molar-refractivity contribution in [2.75, 3.05) is 51.6 Å². The van der Waals surface area contributed by atoms with E-state index in [-0.39, 0.29) is 10.8 Å². The number of nitrogens with zero attached hydrogens (tertiary/aromatic N) is 3. The zero-order valence-corrected chi connectivity index (χ0v) is 16.6. The predicted octanol–water partition coefficient (Wildman–Crippen LogP) is 1.21. The van der Waals surface area contributed by atoms with Gasteiger partial charge in [0.2, 0.25) is 15.9 Å². The Labute approximate surface area is 161 Å². The van der Waals surface area contributed by atoms with Crippen molar-refractivity contribution in [1.29, 1.82) is 0 Å². The summed E-state index contributed by atoms with van der Waals surface area (Å²) < 4.78 is 27.4. The van der Waals surface area contributed by atoms with E-state index >= 15 is 0 Å². The summed E-state index contributed by atoms with van der Waals surface area (Å²) in [5, 5.41) is 2.62. The maximum atomic E-state index is 12.9. The van der Waals surface area contributed by atoms with Crippen LogP contribution in [0.2, 0.25) is 0 Å². The van der Waals surface area contributed by atoms with Gasteiger partial charge in [0.25, 0.3) is 0 Å². The molecule has 0 bridgehead atoms. The van der Waals surface area contributed by atoms with Crippen LogP contribution in [0.15, 0.2) is 41.8 Å². The van der Waals surface area contributed by atoms with Crippen LogP contribution in [0.4, 0.5) is 5.69 Å². The highest BCUT2D eigenvalue weighted by Gasteiger charge is 2.31. The molecule has 0 aliphatic carbocycles. The molecule has 27 heavy (non-hydrogen) atoms. The summed E-state index contributed by atoms with van der Waals surface area (Å²) in [6, 6.07) is 6.85. The highest BCUT2D eigenvalue weighted by Crippen LogP contribution is 2.22. The molecule has 1 N–H and O–H groups in total. The van der Waals surface area contributed by atoms with Gasteiger partial charge in [-0.15, -0.1) is 0 Å². The smallest absolute Gasteiger partial charge is 0.247 e. The number of benzene rings is 1. The Morgan fingerprint density at radius 2 is 1.67 bits per heavy atom. The number of rotatable bonds is 5. The summed E-state index contributed by atoms with van der Waals surface area (Å²) in [6.07, 6.45) is 3.48. The molecule has 0 unspecified atom stereocenters. The third kappa shape index (κ3) is 4.76. The third-order valence-corrected chi connectivity index (χ3v) is 7.34. The number of carbonyl (C=O) groups is 1. The number of carbonyl (C=O) groups excluding carboxylic acids is 1. The Hall–Kier alpha value is -1.74. The average molecular weight is 393 g/mol. The van der Waals surface area contributed by atoms with Crippen LogP contribution in [0, 0.1) is 0 Å². The lowest BCUT2D eigenvalue weighted by atomic mass is 10.0. The van der Waals surface area contributed by atoms with E-state index in [0.29, 0.717) is 24.8 Å². The van der Waals surface area contributed by atoms with Gasteiger partial charge in [0.15, 0.2) is 0 Å². The molecule has 0 atom stereocenters. The molecule has 2 aliphatic heterocycles. The van der Waals surface area contributed by atoms with Crippen molar-refractivity contribution in [1.82, 2.24) is 14.1 Å². The number of hydrogen-bond donors (Lipinski definition) is 1. The van der Waals surface area contributed by atoms with E-state index in [1.807, 2.05) is 0 Å². The Balaban J connectivity index is 1.59. The molecule has 2 aliphatic rings. The van der Waals surface area contributed by atoms with E-state index in [0.717, 1.165) is 39.0 Å². The van der Waals surface area contributed by atoms with Gasteiger partial charge in [0.05, 0.1) is 4.90 Å². The van der Waals surface area contributed by atoms with Gasteiger partial charge in [-0.05, 0) is 63.3 Å². The Morgan fingerprint density at radius 1 is 1.07 bits per heavy atom. The van der Waals surface area contributed by atoms with Gasteiger partial charge in [-0.3, -0.25) is 9.69 Å². The second-order valence-electron chi connectivity index (χ2n) is 7.19. The first kappa shape index (κ1) is 20.0. The number of amides is 1. The van der Waals surface area contributed by atoms with Crippen LogP contribution in [0.3, 0.4) is 0 Å². The molecule has 2 saturated heterocycles. The van der Waals surface area contributed by atoms with Crippen LogP contribution >= 0.6 is 0 Å². The quantitative estimate of drug-likeness (QED) is 0.763. The molecule has 1 aromatic carbocycles. The predicted molar refractivity (Wildman–Crippen MR) is 106 cm³/mol. The molecule has 2 heterocycles. The van der Waals surface area contributed by atoms with Crippen LogP contribution in [0.25, 0.3) is 0 Å². The van der Waals surface area contributed by atoms with Gasteiger partial charge in [-0.25, -0.2) is 8.42 Å². The minimum atomic E-state index is -3.51. The Morgan fingerprint density at radius 3 is 2.22 bits per heavy atom. The highest BCUT2D eigenvalue weighted by atomic mass is 32.2. The maximum absolute atomic E-state index is 12.9. The molecule has 0 spiro atoms. The average Bonchev–Trinajstić information content (AvgIpc) is 2.69. The molecular formula is C19H28N4O3S. The SMILES string of the molecule is C=CC(=O)Nc1ccc(S(=O)(=O)N2CCN(C3CCN(C)CC3)CC2)cc1. The fraction of sp³-hybridized carbons (Fsp3) is 0.526. The summed E-state index contributed by atoms with van der Waals surface area (Å²) in [4.78, 5) is 16.4. The molecule has 0 radical (unpaired) electrons. The molecule has 1 aromatic rings. The van der Waals surface area contributed by atoms with E-state index < -0.39 is 10.0 Å². The van der Waals surface area contributed by atoms with E-state index in [1.165, 1.54) is 18.2 Å². The van der Waals surface area contributed by atoms with Crippen molar-refractivity contribution >= 4 is 21.6 Å². The Kier molecular flexibility index (Phi) is 6.31. The zero-order valence-electron chi connectivity index (χ0n) is 15.8. The third-order valence-electron chi connectivity index (χ3n) is 5.42. The number of hydrogen-bond acceptors (Lipinski definition) is 5. The molecule has 1 amide bonds. The maximum Gasteiger partial charge on any atom is 0.247 e. The minimum Gasteiger partial charge on any atom is -0.323 e. The van der Waals surface area contributed by atoms with Crippen LogP contribution in [-0.4, -0.2) is 80.8 Å². The standard InChI is InChI=1S/C19H28N4O3S/c1-3-19(24)20-16-4-6-18(7-5-16)27(25,26)23-14-12-22(13-15-23)17-8-10-21(2)11-9-17/h3-7,17H,1,8-15H2,2H3,(H,20,24). The van der Waals surface area contributed by atoms with Crippen molar-refractivity contribution in [3.63, 3.8) is 0 Å². The topological polar surface area (TPSA) is 73.0 Å². The van der Waals surface area contributed by atoms with Gasteiger partial charge in [0, 0.05) is 37.9 Å². The van der Waals surface area contributed by atoms with Crippen molar-refractivity contribution in [3.05, 3.63) is 36.9 Å². The summed E-state index contributed by atoms with van der Waals surface area (Å²) in [6.45, 7) is 8.21. The molecule has 2 fully saturated rings. The van der Waals surface area contributed by atoms with Gasteiger partial charge in [0.1, 0.15) is 0 Å². The number of likely N-dealkylation sites (tertiary alicyclic amines) is 1. The first-order valence-corrected chi connectivity index (χ1v) is 10.8. The largest absolute Gasteiger partial charge is 0.323 e. The summed E-state index contributed by atoms with van der Waals surface area (Å²) >= 11 is 0. The van der Waals surface area contributed by atoms with Crippen molar-refractivity contribution in [2.45, 2.75) is 23.8 Å². The molecule has 3 rings (SSSR count). The monoisotopic (exact) mass is 392 g/mol. The molecule has 8 heteroatoms. The Bertz CT molecular complexity index is 763. The van der Waals surface area contributed by atoms with Gasteiger partial charge >= 0.3 is 0 Å². The fourth-order valence-corrected chi connectivity index (χ4v) is 5.14. The number of anilines is 1. The first-order valence-electron chi connectivity index (χ1n) is 9.36. The number of piperidine rings is 1. The highest BCUT2D eigenvalue weighted by molar-refractivity contribution is 7.89. The molecule has 7 nitrogen and oxygen atoms in total. The molecule has 148 valence electrons. The van der Waals surface area contributed by atoms with E-state index in [4.69, 9.17) is 0 Å². The lowest BCUT2D eigenvalue weighted by Gasteiger charge is -2.41. The van der Waals surface area contributed by atoms with E-state index in [2.05, 4.69) is 28.7 Å². The molecular weight excluding hydrogens is 364 g/mol. The normalized spacial score (nSPS) is 21.1. The minimum absolute atomic E-state index is 0.256. The van der Waals surface area contributed by atoms with Crippen LogP contribution in [0.1, 0.15) is 12.8 Å². The zero-order chi connectivity index (χ0) is 19.4. The number of nitrogens with one attached hydrogen (secondary N) is 1. The van der Waals surface area contributed by atoms with E-state index in [1.54, 1.807) is 16.4 Å². The van der Waals surface area contributed by atoms with Crippen LogP contribution in [0.5, 0.6) is 0 Å². The van der Waals surface area contributed by atoms with E-state index in [9.17, 15) is 13.2 Å². The summed E-state index contributed by atoms with van der Waals surface area (Å²) in [5.41, 5.74) is 0.547. The lowest BCUT2D eigenvalue weighted by Crippen LogP contribution is -2.53. The van der Waals surface area contributed by atoms with Crippen LogP contribution < -0.4 is 5.32 Å². The second kappa shape index (κ2) is 8.52. The van der Waals surface area contributed by atoms with Gasteiger partial charge in [-0.1, -0.05) is 6.58 Å². The summed E-state index contributed by atoms with van der Waals surface area (Å²) in [5.74, 6) is -0.323.